The smallest absolute Gasteiger partial charge is 0.310 e. The maximum absolute atomic E-state index is 12.0. The third-order valence-corrected chi connectivity index (χ3v) is 4.87. The molecule has 1 saturated heterocycles. The van der Waals surface area contributed by atoms with Crippen molar-refractivity contribution in [3.63, 3.8) is 0 Å². The van der Waals surface area contributed by atoms with Gasteiger partial charge in [-0.15, -0.1) is 0 Å². The van der Waals surface area contributed by atoms with Gasteiger partial charge in [-0.3, -0.25) is 14.5 Å². The summed E-state index contributed by atoms with van der Waals surface area (Å²) in [6.07, 6.45) is 6.78. The van der Waals surface area contributed by atoms with E-state index in [0.29, 0.717) is 25.6 Å². The van der Waals surface area contributed by atoms with Crippen molar-refractivity contribution < 1.29 is 14.7 Å². The third-order valence-electron chi connectivity index (χ3n) is 4.87. The first kappa shape index (κ1) is 15.3. The lowest BCUT2D eigenvalue weighted by Crippen LogP contribution is -2.51. The second-order valence-electron chi connectivity index (χ2n) is 6.30. The number of carboxylic acid groups (broad SMARTS) is 1. The molecule has 1 amide bonds. The van der Waals surface area contributed by atoms with Crippen molar-refractivity contribution in [1.29, 1.82) is 0 Å². The molecule has 0 radical (unpaired) electrons. The summed E-state index contributed by atoms with van der Waals surface area (Å²) in [6.45, 7) is 3.59. The maximum Gasteiger partial charge on any atom is 0.310 e. The molecule has 0 aromatic carbocycles. The normalized spacial score (nSPS) is 28.4. The fourth-order valence-electron chi connectivity index (χ4n) is 3.52. The van der Waals surface area contributed by atoms with Crippen LogP contribution in [0, 0.1) is 5.41 Å². The number of carbonyl (C=O) groups excluding carboxylic acids is 1. The zero-order valence-corrected chi connectivity index (χ0v) is 12.4. The summed E-state index contributed by atoms with van der Waals surface area (Å²) in [5, 5.41) is 12.5. The number of hydrogen-bond acceptors (Lipinski definition) is 3. The first-order valence-corrected chi connectivity index (χ1v) is 7.81. The van der Waals surface area contributed by atoms with Gasteiger partial charge in [0, 0.05) is 12.6 Å². The zero-order chi connectivity index (χ0) is 14.6. The Balaban J connectivity index is 1.85. The Labute approximate surface area is 120 Å². The molecule has 1 unspecified atom stereocenters. The molecule has 1 aliphatic heterocycles. The van der Waals surface area contributed by atoms with Gasteiger partial charge >= 0.3 is 5.97 Å². The zero-order valence-electron chi connectivity index (χ0n) is 12.4. The van der Waals surface area contributed by atoms with Crippen LogP contribution in [0.3, 0.4) is 0 Å². The van der Waals surface area contributed by atoms with Crippen molar-refractivity contribution >= 4 is 11.9 Å². The number of carbonyl (C=O) groups is 2. The Morgan fingerprint density at radius 2 is 2.00 bits per heavy atom. The molecule has 2 rings (SSSR count). The molecule has 20 heavy (non-hydrogen) atoms. The highest BCUT2D eigenvalue weighted by Crippen LogP contribution is 2.33. The number of aliphatic carboxylic acids is 1. The molecule has 0 bridgehead atoms. The SMILES string of the molecule is CCC1(C(=O)O)CCCN(CC(=O)NC2CCCC2)C1. The molecule has 5 nitrogen and oxygen atoms in total. The van der Waals surface area contributed by atoms with E-state index in [9.17, 15) is 14.7 Å². The van der Waals surface area contributed by atoms with E-state index in [-0.39, 0.29) is 5.91 Å². The predicted molar refractivity (Wildman–Crippen MR) is 76.4 cm³/mol. The third kappa shape index (κ3) is 3.51. The number of hydrogen-bond donors (Lipinski definition) is 2. The van der Waals surface area contributed by atoms with Crippen molar-refractivity contribution in [3.05, 3.63) is 0 Å². The number of nitrogens with zero attached hydrogens (tertiary/aromatic N) is 1. The second kappa shape index (κ2) is 6.57. The Hall–Kier alpha value is -1.10. The Morgan fingerprint density at radius 1 is 1.30 bits per heavy atom. The van der Waals surface area contributed by atoms with Gasteiger partial charge in [-0.25, -0.2) is 0 Å². The van der Waals surface area contributed by atoms with Crippen LogP contribution >= 0.6 is 0 Å². The van der Waals surface area contributed by atoms with Crippen LogP contribution < -0.4 is 5.32 Å². The van der Waals surface area contributed by atoms with E-state index in [1.54, 1.807) is 0 Å². The lowest BCUT2D eigenvalue weighted by Gasteiger charge is -2.39. The molecule has 1 aliphatic carbocycles. The Kier molecular flexibility index (Phi) is 5.02. The Morgan fingerprint density at radius 3 is 2.60 bits per heavy atom. The highest BCUT2D eigenvalue weighted by Gasteiger charge is 2.41. The van der Waals surface area contributed by atoms with E-state index in [0.717, 1.165) is 32.2 Å². The topological polar surface area (TPSA) is 69.6 Å². The molecule has 1 saturated carbocycles. The lowest BCUT2D eigenvalue weighted by atomic mass is 9.77. The lowest BCUT2D eigenvalue weighted by molar-refractivity contribution is -0.153. The number of piperidine rings is 1. The van der Waals surface area contributed by atoms with E-state index < -0.39 is 11.4 Å². The number of carboxylic acids is 1. The van der Waals surface area contributed by atoms with Crippen molar-refractivity contribution in [2.24, 2.45) is 5.41 Å². The molecule has 5 heteroatoms. The van der Waals surface area contributed by atoms with Crippen molar-refractivity contribution in [2.45, 2.75) is 57.9 Å². The van der Waals surface area contributed by atoms with E-state index in [1.165, 1.54) is 12.8 Å². The van der Waals surface area contributed by atoms with Crippen LogP contribution in [-0.4, -0.2) is 47.6 Å². The van der Waals surface area contributed by atoms with Crippen LogP contribution in [0.2, 0.25) is 0 Å². The predicted octanol–water partition coefficient (Wildman–Crippen LogP) is 1.62. The molecule has 0 aromatic rings. The minimum Gasteiger partial charge on any atom is -0.481 e. The van der Waals surface area contributed by atoms with Gasteiger partial charge < -0.3 is 10.4 Å². The number of nitrogens with one attached hydrogen (secondary N) is 1. The molecule has 1 atom stereocenters. The van der Waals surface area contributed by atoms with Gasteiger partial charge in [0.15, 0.2) is 0 Å². The molecule has 2 fully saturated rings. The summed E-state index contributed by atoms with van der Waals surface area (Å²) in [7, 11) is 0. The van der Waals surface area contributed by atoms with E-state index in [1.807, 2.05) is 11.8 Å². The summed E-state index contributed by atoms with van der Waals surface area (Å²) < 4.78 is 0. The van der Waals surface area contributed by atoms with Gasteiger partial charge in [0.2, 0.25) is 5.91 Å². The van der Waals surface area contributed by atoms with Crippen molar-refractivity contribution in [1.82, 2.24) is 10.2 Å². The summed E-state index contributed by atoms with van der Waals surface area (Å²) in [6, 6.07) is 0.336. The highest BCUT2D eigenvalue weighted by atomic mass is 16.4. The summed E-state index contributed by atoms with van der Waals surface area (Å²) >= 11 is 0. The summed E-state index contributed by atoms with van der Waals surface area (Å²) in [5.41, 5.74) is -0.661. The van der Waals surface area contributed by atoms with Crippen molar-refractivity contribution in [3.8, 4) is 0 Å². The highest BCUT2D eigenvalue weighted by molar-refractivity contribution is 5.79. The average Bonchev–Trinajstić information content (AvgIpc) is 2.91. The monoisotopic (exact) mass is 282 g/mol. The number of amides is 1. The first-order chi connectivity index (χ1) is 9.55. The molecule has 0 aromatic heterocycles. The molecular weight excluding hydrogens is 256 g/mol. The second-order valence-corrected chi connectivity index (χ2v) is 6.30. The molecule has 2 aliphatic rings. The van der Waals surface area contributed by atoms with E-state index in [4.69, 9.17) is 0 Å². The first-order valence-electron chi connectivity index (χ1n) is 7.81. The van der Waals surface area contributed by atoms with Crippen LogP contribution in [0.1, 0.15) is 51.9 Å². The van der Waals surface area contributed by atoms with Gasteiger partial charge in [0.25, 0.3) is 0 Å². The Bertz CT molecular complexity index is 366. The van der Waals surface area contributed by atoms with Crippen molar-refractivity contribution in [2.75, 3.05) is 19.6 Å². The van der Waals surface area contributed by atoms with Crippen LogP contribution in [-0.2, 0) is 9.59 Å². The van der Waals surface area contributed by atoms with Gasteiger partial charge in [-0.1, -0.05) is 19.8 Å². The van der Waals surface area contributed by atoms with E-state index >= 15 is 0 Å². The number of likely N-dealkylation sites (tertiary alicyclic amines) is 1. The van der Waals surface area contributed by atoms with Gasteiger partial charge in [0.1, 0.15) is 0 Å². The summed E-state index contributed by atoms with van der Waals surface area (Å²) in [4.78, 5) is 25.5. The van der Waals surface area contributed by atoms with Gasteiger partial charge in [-0.2, -0.15) is 0 Å². The molecule has 0 spiro atoms. The average molecular weight is 282 g/mol. The van der Waals surface area contributed by atoms with Crippen LogP contribution in [0.15, 0.2) is 0 Å². The molecule has 1 heterocycles. The summed E-state index contributed by atoms with van der Waals surface area (Å²) in [5.74, 6) is -0.671. The maximum atomic E-state index is 12.0. The number of rotatable bonds is 5. The minimum atomic E-state index is -0.721. The van der Waals surface area contributed by atoms with Gasteiger partial charge in [-0.05, 0) is 38.6 Å². The van der Waals surface area contributed by atoms with Crippen LogP contribution in [0.5, 0.6) is 0 Å². The van der Waals surface area contributed by atoms with Crippen LogP contribution in [0.4, 0.5) is 0 Å². The molecule has 114 valence electrons. The molecular formula is C15H26N2O3. The minimum absolute atomic E-state index is 0.0502. The standard InChI is InChI=1S/C15H26N2O3/c1-2-15(14(19)20)8-5-9-17(11-15)10-13(18)16-12-6-3-4-7-12/h12H,2-11H2,1H3,(H,16,18)(H,19,20). The quantitative estimate of drug-likeness (QED) is 0.804. The fraction of sp³-hybridized carbons (Fsp3) is 0.867. The molecule has 2 N–H and O–H groups in total. The largest absolute Gasteiger partial charge is 0.481 e. The van der Waals surface area contributed by atoms with Crippen LogP contribution in [0.25, 0.3) is 0 Å². The fourth-order valence-corrected chi connectivity index (χ4v) is 3.52. The van der Waals surface area contributed by atoms with E-state index in [2.05, 4.69) is 5.32 Å². The van der Waals surface area contributed by atoms with Gasteiger partial charge in [0.05, 0.1) is 12.0 Å².